The van der Waals surface area contributed by atoms with Crippen LogP contribution in [0.25, 0.3) is 0 Å². The van der Waals surface area contributed by atoms with E-state index in [1.165, 1.54) is 17.8 Å². The molecule has 0 heterocycles. The lowest BCUT2D eigenvalue weighted by Gasteiger charge is -2.12. The number of ether oxygens (including phenoxy) is 1. The molecule has 0 spiro atoms. The standard InChI is InChI=1S/C15H15F2NOS/c1-9(2)19-11-5-10(18)6-13(7-11)20-12-3-4-14(16)15(17)8-12/h3-9H,18H2,1-2H3. The van der Waals surface area contributed by atoms with E-state index in [0.717, 1.165) is 17.0 Å². The van der Waals surface area contributed by atoms with Gasteiger partial charge in [-0.15, -0.1) is 0 Å². The number of nitrogen functional groups attached to an aromatic ring is 1. The maximum Gasteiger partial charge on any atom is 0.159 e. The SMILES string of the molecule is CC(C)Oc1cc(N)cc(Sc2ccc(F)c(F)c2)c1. The van der Waals surface area contributed by atoms with Gasteiger partial charge in [0.1, 0.15) is 5.75 Å². The van der Waals surface area contributed by atoms with Crippen molar-refractivity contribution < 1.29 is 13.5 Å². The highest BCUT2D eigenvalue weighted by Gasteiger charge is 2.07. The fraction of sp³-hybridized carbons (Fsp3) is 0.200. The molecule has 0 fully saturated rings. The smallest absolute Gasteiger partial charge is 0.159 e. The molecule has 0 aliphatic carbocycles. The monoisotopic (exact) mass is 295 g/mol. The van der Waals surface area contributed by atoms with E-state index in [4.69, 9.17) is 10.5 Å². The number of hydrogen-bond donors (Lipinski definition) is 1. The number of nitrogens with two attached hydrogens (primary N) is 1. The van der Waals surface area contributed by atoms with Gasteiger partial charge >= 0.3 is 0 Å². The summed E-state index contributed by atoms with van der Waals surface area (Å²) in [5, 5.41) is 0. The molecule has 106 valence electrons. The molecule has 0 radical (unpaired) electrons. The molecule has 0 unspecified atom stereocenters. The van der Waals surface area contributed by atoms with Crippen LogP contribution in [0, 0.1) is 11.6 Å². The highest BCUT2D eigenvalue weighted by molar-refractivity contribution is 7.99. The minimum Gasteiger partial charge on any atom is -0.491 e. The predicted molar refractivity (Wildman–Crippen MR) is 77.1 cm³/mol. The van der Waals surface area contributed by atoms with Crippen molar-refractivity contribution in [2.45, 2.75) is 29.7 Å². The summed E-state index contributed by atoms with van der Waals surface area (Å²) >= 11 is 1.30. The van der Waals surface area contributed by atoms with Gasteiger partial charge in [0.25, 0.3) is 0 Å². The topological polar surface area (TPSA) is 35.2 Å². The predicted octanol–water partition coefficient (Wildman–Crippen LogP) is 4.49. The summed E-state index contributed by atoms with van der Waals surface area (Å²) in [5.41, 5.74) is 6.38. The second-order valence-electron chi connectivity index (χ2n) is 4.58. The number of hydrogen-bond acceptors (Lipinski definition) is 3. The average Bonchev–Trinajstić information content (AvgIpc) is 2.32. The zero-order valence-corrected chi connectivity index (χ0v) is 12.0. The minimum absolute atomic E-state index is 0.0397. The molecule has 2 aromatic rings. The highest BCUT2D eigenvalue weighted by atomic mass is 32.2. The Bertz CT molecular complexity index is 617. The van der Waals surface area contributed by atoms with Crippen LogP contribution >= 0.6 is 11.8 Å². The third-order valence-corrected chi connectivity index (χ3v) is 3.36. The van der Waals surface area contributed by atoms with Crippen LogP contribution in [-0.2, 0) is 0 Å². The fourth-order valence-electron chi connectivity index (χ4n) is 1.67. The second kappa shape index (κ2) is 6.13. The summed E-state index contributed by atoms with van der Waals surface area (Å²) in [6, 6.07) is 9.10. The van der Waals surface area contributed by atoms with Crippen LogP contribution in [0.3, 0.4) is 0 Å². The average molecular weight is 295 g/mol. The van der Waals surface area contributed by atoms with Gasteiger partial charge in [-0.3, -0.25) is 0 Å². The highest BCUT2D eigenvalue weighted by Crippen LogP contribution is 2.33. The molecule has 0 saturated heterocycles. The molecule has 0 aliphatic rings. The lowest BCUT2D eigenvalue weighted by molar-refractivity contribution is 0.242. The molecular weight excluding hydrogens is 280 g/mol. The third kappa shape index (κ3) is 3.87. The van der Waals surface area contributed by atoms with E-state index in [9.17, 15) is 8.78 Å². The number of halogens is 2. The van der Waals surface area contributed by atoms with E-state index < -0.39 is 11.6 Å². The van der Waals surface area contributed by atoms with Crippen LogP contribution < -0.4 is 10.5 Å². The van der Waals surface area contributed by atoms with Gasteiger partial charge in [0.15, 0.2) is 11.6 Å². The Kier molecular flexibility index (Phi) is 4.49. The first-order valence-corrected chi connectivity index (χ1v) is 6.96. The van der Waals surface area contributed by atoms with Gasteiger partial charge in [-0.2, -0.15) is 0 Å². The van der Waals surface area contributed by atoms with Gasteiger partial charge < -0.3 is 10.5 Å². The summed E-state index contributed by atoms with van der Waals surface area (Å²) in [5.74, 6) is -1.06. The summed E-state index contributed by atoms with van der Waals surface area (Å²) in [4.78, 5) is 1.41. The fourth-order valence-corrected chi connectivity index (χ4v) is 2.61. The molecule has 5 heteroatoms. The van der Waals surface area contributed by atoms with Gasteiger partial charge in [-0.1, -0.05) is 11.8 Å². The molecule has 0 bridgehead atoms. The van der Waals surface area contributed by atoms with E-state index in [1.54, 1.807) is 12.1 Å². The second-order valence-corrected chi connectivity index (χ2v) is 5.73. The maximum atomic E-state index is 13.2. The Hall–Kier alpha value is -1.75. The van der Waals surface area contributed by atoms with E-state index >= 15 is 0 Å². The van der Waals surface area contributed by atoms with Crippen molar-refractivity contribution in [2.24, 2.45) is 0 Å². The molecule has 20 heavy (non-hydrogen) atoms. The maximum absolute atomic E-state index is 13.2. The van der Waals surface area contributed by atoms with E-state index in [-0.39, 0.29) is 6.10 Å². The first-order valence-electron chi connectivity index (χ1n) is 6.14. The lowest BCUT2D eigenvalue weighted by atomic mass is 10.3. The van der Waals surface area contributed by atoms with Crippen LogP contribution in [-0.4, -0.2) is 6.10 Å². The van der Waals surface area contributed by atoms with Crippen LogP contribution in [0.15, 0.2) is 46.2 Å². The lowest BCUT2D eigenvalue weighted by Crippen LogP contribution is -2.05. The Morgan fingerprint density at radius 2 is 1.75 bits per heavy atom. The van der Waals surface area contributed by atoms with Gasteiger partial charge in [0.05, 0.1) is 6.10 Å². The molecule has 2 N–H and O–H groups in total. The third-order valence-electron chi connectivity index (χ3n) is 2.40. The van der Waals surface area contributed by atoms with Crippen molar-refractivity contribution in [3.63, 3.8) is 0 Å². The zero-order valence-electron chi connectivity index (χ0n) is 11.2. The van der Waals surface area contributed by atoms with Gasteiger partial charge in [0, 0.05) is 21.5 Å². The molecular formula is C15H15F2NOS. The Morgan fingerprint density at radius 1 is 1.00 bits per heavy atom. The minimum atomic E-state index is -0.863. The van der Waals surface area contributed by atoms with Crippen LogP contribution in [0.4, 0.5) is 14.5 Å². The number of rotatable bonds is 4. The molecule has 0 saturated carbocycles. The quantitative estimate of drug-likeness (QED) is 0.844. The molecule has 2 aromatic carbocycles. The van der Waals surface area contributed by atoms with E-state index in [0.29, 0.717) is 16.3 Å². The van der Waals surface area contributed by atoms with Gasteiger partial charge in [0.2, 0.25) is 0 Å². The molecule has 0 aliphatic heterocycles. The van der Waals surface area contributed by atoms with Crippen molar-refractivity contribution in [2.75, 3.05) is 5.73 Å². The van der Waals surface area contributed by atoms with Crippen molar-refractivity contribution in [3.05, 3.63) is 48.0 Å². The largest absolute Gasteiger partial charge is 0.491 e. The van der Waals surface area contributed by atoms with Crippen molar-refractivity contribution in [3.8, 4) is 5.75 Å². The van der Waals surface area contributed by atoms with Crippen molar-refractivity contribution in [1.29, 1.82) is 0 Å². The zero-order chi connectivity index (χ0) is 14.7. The molecule has 2 rings (SSSR count). The Balaban J connectivity index is 2.24. The summed E-state index contributed by atoms with van der Waals surface area (Å²) in [6.07, 6.45) is 0.0397. The first kappa shape index (κ1) is 14.7. The molecule has 0 aromatic heterocycles. The van der Waals surface area contributed by atoms with Gasteiger partial charge in [-0.05, 0) is 44.2 Å². The Labute approximate surface area is 120 Å². The van der Waals surface area contributed by atoms with Crippen molar-refractivity contribution >= 4 is 17.4 Å². The van der Waals surface area contributed by atoms with Crippen LogP contribution in [0.1, 0.15) is 13.8 Å². The number of anilines is 1. The summed E-state index contributed by atoms with van der Waals surface area (Å²) in [6.45, 7) is 3.84. The van der Waals surface area contributed by atoms with Crippen LogP contribution in [0.5, 0.6) is 5.75 Å². The van der Waals surface area contributed by atoms with Gasteiger partial charge in [-0.25, -0.2) is 8.78 Å². The number of benzene rings is 2. The Morgan fingerprint density at radius 3 is 2.40 bits per heavy atom. The molecule has 2 nitrogen and oxygen atoms in total. The van der Waals surface area contributed by atoms with Crippen LogP contribution in [0.2, 0.25) is 0 Å². The summed E-state index contributed by atoms with van der Waals surface area (Å²) in [7, 11) is 0. The summed E-state index contributed by atoms with van der Waals surface area (Å²) < 4.78 is 31.6. The van der Waals surface area contributed by atoms with E-state index in [2.05, 4.69) is 0 Å². The molecule has 0 atom stereocenters. The molecule has 0 amide bonds. The first-order chi connectivity index (χ1) is 9.44. The van der Waals surface area contributed by atoms with Crippen molar-refractivity contribution in [1.82, 2.24) is 0 Å². The normalized spacial score (nSPS) is 10.8. The van der Waals surface area contributed by atoms with E-state index in [1.807, 2.05) is 19.9 Å².